The van der Waals surface area contributed by atoms with Crippen molar-refractivity contribution in [3.63, 3.8) is 0 Å². The van der Waals surface area contributed by atoms with Crippen molar-refractivity contribution in [2.75, 3.05) is 18.6 Å². The number of aromatic amines is 1. The van der Waals surface area contributed by atoms with Crippen LogP contribution in [0.1, 0.15) is 10.5 Å². The smallest absolute Gasteiger partial charge is 0.269 e. The molecular formula is C18H17N7O3S. The summed E-state index contributed by atoms with van der Waals surface area (Å²) in [5.74, 6) is 0.678. The molecule has 0 aliphatic rings. The largest absolute Gasteiger partial charge is 0.497 e. The Balaban J connectivity index is 1.73. The molecule has 148 valence electrons. The minimum absolute atomic E-state index is 0.0181. The zero-order valence-corrected chi connectivity index (χ0v) is 16.4. The highest BCUT2D eigenvalue weighted by molar-refractivity contribution is 7.99. The number of nitrogens with one attached hydrogen (secondary N) is 1. The number of carbonyl (C=O) groups excluding carboxylic acids is 1. The van der Waals surface area contributed by atoms with Crippen LogP contribution in [-0.4, -0.2) is 48.3 Å². The molecule has 0 fully saturated rings. The zero-order chi connectivity index (χ0) is 20.5. The number of H-pyrrole nitrogens is 1. The lowest BCUT2D eigenvalue weighted by Gasteiger charge is -2.12. The molecule has 1 aromatic carbocycles. The van der Waals surface area contributed by atoms with E-state index in [1.165, 1.54) is 15.4 Å². The van der Waals surface area contributed by atoms with Crippen LogP contribution in [0.25, 0.3) is 16.7 Å². The number of nitrogen functional groups attached to an aromatic ring is 1. The number of rotatable bonds is 5. The van der Waals surface area contributed by atoms with Crippen LogP contribution < -0.4 is 16.0 Å². The number of aryl methyl sites for hydroxylation is 1. The fraction of sp³-hybridized carbons (Fsp3) is 0.167. The third-order valence-electron chi connectivity index (χ3n) is 4.25. The molecule has 0 spiro atoms. The normalized spacial score (nSPS) is 11.1. The molecule has 0 atom stereocenters. The van der Waals surface area contributed by atoms with E-state index >= 15 is 0 Å². The maximum atomic E-state index is 13.0. The van der Waals surface area contributed by atoms with Crippen LogP contribution in [0.15, 0.2) is 46.5 Å². The first-order chi connectivity index (χ1) is 14.0. The van der Waals surface area contributed by atoms with E-state index in [2.05, 4.69) is 20.3 Å². The highest BCUT2D eigenvalue weighted by atomic mass is 32.2. The average Bonchev–Trinajstić information content (AvgIpc) is 3.32. The number of hydrogen-bond donors (Lipinski definition) is 2. The molecular weight excluding hydrogens is 394 g/mol. The summed E-state index contributed by atoms with van der Waals surface area (Å²) in [5, 5.41) is 11.3. The Hall–Kier alpha value is -3.60. The number of hydrogen-bond acceptors (Lipinski definition) is 8. The number of ether oxygens (including phenoxy) is 1. The van der Waals surface area contributed by atoms with E-state index in [1.807, 2.05) is 0 Å². The van der Waals surface area contributed by atoms with Crippen molar-refractivity contribution in [1.82, 2.24) is 29.5 Å². The Labute approximate surface area is 168 Å². The second kappa shape index (κ2) is 7.43. The predicted octanol–water partition coefficient (Wildman–Crippen LogP) is 1.64. The van der Waals surface area contributed by atoms with E-state index < -0.39 is 0 Å². The summed E-state index contributed by atoms with van der Waals surface area (Å²) in [6.45, 7) is 1.74. The molecule has 0 radical (unpaired) electrons. The minimum atomic E-state index is -0.289. The van der Waals surface area contributed by atoms with Crippen LogP contribution in [0.4, 0.5) is 5.82 Å². The molecule has 0 aliphatic carbocycles. The molecule has 3 heterocycles. The lowest BCUT2D eigenvalue weighted by Crippen LogP contribution is -2.22. The third-order valence-corrected chi connectivity index (χ3v) is 5.17. The first kappa shape index (κ1) is 18.7. The van der Waals surface area contributed by atoms with Gasteiger partial charge in [0.05, 0.1) is 24.7 Å². The number of nitrogens with zero attached hydrogens (tertiary/aromatic N) is 5. The summed E-state index contributed by atoms with van der Waals surface area (Å²) < 4.78 is 7.86. The second-order valence-corrected chi connectivity index (χ2v) is 7.11. The van der Waals surface area contributed by atoms with Crippen LogP contribution in [-0.2, 0) is 0 Å². The van der Waals surface area contributed by atoms with Gasteiger partial charge in [0.2, 0.25) is 0 Å². The van der Waals surface area contributed by atoms with Gasteiger partial charge in [-0.3, -0.25) is 19.3 Å². The molecule has 29 heavy (non-hydrogen) atoms. The standard InChI is InChI=1S/C18H17N7O3S/c1-10-7-14(19)23-25(10)15(26)9-29-18-21-16-13(8-20-22-16)17(27)24(18)11-3-5-12(28-2)6-4-11/h3-8H,9H2,1-2H3,(H2,19,23)(H,20,22). The van der Waals surface area contributed by atoms with E-state index in [4.69, 9.17) is 10.5 Å². The number of anilines is 1. The van der Waals surface area contributed by atoms with Crippen molar-refractivity contribution in [3.05, 3.63) is 52.6 Å². The second-order valence-electron chi connectivity index (χ2n) is 6.17. The molecule has 3 aromatic heterocycles. The van der Waals surface area contributed by atoms with Crippen molar-refractivity contribution in [2.24, 2.45) is 0 Å². The molecule has 10 nitrogen and oxygen atoms in total. The molecule has 0 saturated heterocycles. The summed E-state index contributed by atoms with van der Waals surface area (Å²) in [6.07, 6.45) is 1.43. The maximum absolute atomic E-state index is 13.0. The van der Waals surface area contributed by atoms with E-state index in [0.717, 1.165) is 11.8 Å². The SMILES string of the molecule is COc1ccc(-n2c(SCC(=O)n3nc(N)cc3C)nc3[nH]ncc3c2=O)cc1. The average molecular weight is 411 g/mol. The van der Waals surface area contributed by atoms with Gasteiger partial charge in [0, 0.05) is 11.8 Å². The molecule has 4 rings (SSSR count). The van der Waals surface area contributed by atoms with Crippen LogP contribution >= 0.6 is 11.8 Å². The van der Waals surface area contributed by atoms with Crippen molar-refractivity contribution in [1.29, 1.82) is 0 Å². The molecule has 0 bridgehead atoms. The van der Waals surface area contributed by atoms with Gasteiger partial charge in [-0.1, -0.05) is 11.8 Å². The van der Waals surface area contributed by atoms with Gasteiger partial charge in [0.1, 0.15) is 17.0 Å². The van der Waals surface area contributed by atoms with Gasteiger partial charge in [0.15, 0.2) is 10.8 Å². The lowest BCUT2D eigenvalue weighted by atomic mass is 10.3. The highest BCUT2D eigenvalue weighted by Gasteiger charge is 2.17. The molecule has 0 saturated carbocycles. The summed E-state index contributed by atoms with van der Waals surface area (Å²) in [6, 6.07) is 8.61. The Kier molecular flexibility index (Phi) is 4.80. The Morgan fingerprint density at radius 3 is 2.72 bits per heavy atom. The Morgan fingerprint density at radius 2 is 2.07 bits per heavy atom. The number of carbonyl (C=O) groups is 1. The van der Waals surface area contributed by atoms with Crippen molar-refractivity contribution >= 4 is 34.5 Å². The summed E-state index contributed by atoms with van der Waals surface area (Å²) in [7, 11) is 1.57. The van der Waals surface area contributed by atoms with Gasteiger partial charge in [-0.2, -0.15) is 5.10 Å². The molecule has 11 heteroatoms. The van der Waals surface area contributed by atoms with Crippen LogP contribution in [0, 0.1) is 6.92 Å². The van der Waals surface area contributed by atoms with Crippen LogP contribution in [0.2, 0.25) is 0 Å². The number of benzene rings is 1. The number of thioether (sulfide) groups is 1. The summed E-state index contributed by atoms with van der Waals surface area (Å²) >= 11 is 1.13. The Bertz CT molecular complexity index is 1260. The molecule has 0 unspecified atom stereocenters. The van der Waals surface area contributed by atoms with E-state index in [1.54, 1.807) is 44.4 Å². The molecule has 0 amide bonds. The number of aromatic nitrogens is 6. The fourth-order valence-electron chi connectivity index (χ4n) is 2.87. The predicted molar refractivity (Wildman–Crippen MR) is 109 cm³/mol. The third kappa shape index (κ3) is 3.47. The number of methoxy groups -OCH3 is 1. The lowest BCUT2D eigenvalue weighted by molar-refractivity contribution is 0.0924. The van der Waals surface area contributed by atoms with E-state index in [0.29, 0.717) is 33.3 Å². The van der Waals surface area contributed by atoms with Gasteiger partial charge in [0.25, 0.3) is 11.5 Å². The van der Waals surface area contributed by atoms with E-state index in [-0.39, 0.29) is 23.0 Å². The van der Waals surface area contributed by atoms with Crippen LogP contribution in [0.5, 0.6) is 5.75 Å². The molecule has 4 aromatic rings. The van der Waals surface area contributed by atoms with E-state index in [9.17, 15) is 9.59 Å². The van der Waals surface area contributed by atoms with Crippen molar-refractivity contribution in [3.8, 4) is 11.4 Å². The van der Waals surface area contributed by atoms with Crippen LogP contribution in [0.3, 0.4) is 0 Å². The minimum Gasteiger partial charge on any atom is -0.497 e. The first-order valence-electron chi connectivity index (χ1n) is 8.56. The Morgan fingerprint density at radius 1 is 1.31 bits per heavy atom. The monoisotopic (exact) mass is 411 g/mol. The fourth-order valence-corrected chi connectivity index (χ4v) is 3.72. The summed E-state index contributed by atoms with van der Waals surface area (Å²) in [5.41, 5.74) is 6.95. The maximum Gasteiger partial charge on any atom is 0.269 e. The quantitative estimate of drug-likeness (QED) is 0.374. The number of fused-ring (bicyclic) bond motifs is 1. The van der Waals surface area contributed by atoms with Crippen molar-refractivity contribution in [2.45, 2.75) is 12.1 Å². The topological polar surface area (TPSA) is 134 Å². The van der Waals surface area contributed by atoms with Crippen molar-refractivity contribution < 1.29 is 9.53 Å². The first-order valence-corrected chi connectivity index (χ1v) is 9.55. The van der Waals surface area contributed by atoms with Gasteiger partial charge in [-0.05, 0) is 31.2 Å². The van der Waals surface area contributed by atoms with Gasteiger partial charge < -0.3 is 10.5 Å². The summed E-state index contributed by atoms with van der Waals surface area (Å²) in [4.78, 5) is 30.1. The zero-order valence-electron chi connectivity index (χ0n) is 15.6. The van der Waals surface area contributed by atoms with Gasteiger partial charge in [-0.15, -0.1) is 5.10 Å². The highest BCUT2D eigenvalue weighted by Crippen LogP contribution is 2.22. The number of nitrogens with two attached hydrogens (primary N) is 1. The molecule has 0 aliphatic heterocycles. The van der Waals surface area contributed by atoms with Gasteiger partial charge >= 0.3 is 0 Å². The van der Waals surface area contributed by atoms with Gasteiger partial charge in [-0.25, -0.2) is 9.67 Å². The molecule has 3 N–H and O–H groups in total.